The highest BCUT2D eigenvalue weighted by Crippen LogP contribution is 2.31. The number of fused-ring (bicyclic) bond motifs is 1. The molecule has 0 aliphatic carbocycles. The Morgan fingerprint density at radius 3 is 2.68 bits per heavy atom. The van der Waals surface area contributed by atoms with Crippen LogP contribution in [0.2, 0.25) is 0 Å². The van der Waals surface area contributed by atoms with Crippen molar-refractivity contribution in [2.45, 2.75) is 18.9 Å². The van der Waals surface area contributed by atoms with E-state index in [1.165, 1.54) is 11.3 Å². The topological polar surface area (TPSA) is 78.0 Å². The Kier molecular flexibility index (Phi) is 8.53. The van der Waals surface area contributed by atoms with Crippen molar-refractivity contribution in [2.24, 2.45) is 4.99 Å². The molecule has 2 heterocycles. The molecule has 0 saturated carbocycles. The maximum atomic E-state index is 12.1. The lowest BCUT2D eigenvalue weighted by molar-refractivity contribution is -0.116. The van der Waals surface area contributed by atoms with Gasteiger partial charge in [0.25, 0.3) is 0 Å². The maximum Gasteiger partial charge on any atom is 0.225 e. The predicted octanol–water partition coefficient (Wildman–Crippen LogP) is 2.93. The highest BCUT2D eigenvalue weighted by molar-refractivity contribution is 14.0. The molecule has 3 N–H and O–H groups in total. The minimum atomic E-state index is 0. The summed E-state index contributed by atoms with van der Waals surface area (Å²) in [4.78, 5) is 18.8. The van der Waals surface area contributed by atoms with Gasteiger partial charge >= 0.3 is 0 Å². The van der Waals surface area contributed by atoms with Gasteiger partial charge in [0.2, 0.25) is 5.91 Å². The summed E-state index contributed by atoms with van der Waals surface area (Å²) in [6.07, 6.45) is 0.473. The SMILES string of the molecule is CN=C(NCc1ccccc1N1CCOCC1)NCC1CC(=O)Nc2ccccc21.I. The molecular formula is C23H30IN5O2. The highest BCUT2D eigenvalue weighted by Gasteiger charge is 2.24. The number of para-hydroxylation sites is 2. The van der Waals surface area contributed by atoms with Crippen LogP contribution in [-0.2, 0) is 16.1 Å². The van der Waals surface area contributed by atoms with Gasteiger partial charge in [0.1, 0.15) is 0 Å². The number of guanidine groups is 1. The van der Waals surface area contributed by atoms with Gasteiger partial charge < -0.3 is 25.6 Å². The molecule has 1 unspecified atom stereocenters. The number of benzene rings is 2. The fourth-order valence-corrected chi connectivity index (χ4v) is 4.08. The second-order valence-corrected chi connectivity index (χ2v) is 7.57. The van der Waals surface area contributed by atoms with Gasteiger partial charge in [0, 0.05) is 56.9 Å². The quantitative estimate of drug-likeness (QED) is 0.312. The molecule has 31 heavy (non-hydrogen) atoms. The zero-order chi connectivity index (χ0) is 20.8. The number of halogens is 1. The number of nitrogens with one attached hydrogen (secondary N) is 3. The molecule has 0 aromatic heterocycles. The van der Waals surface area contributed by atoms with Crippen molar-refractivity contribution in [2.75, 3.05) is 50.1 Å². The summed E-state index contributed by atoms with van der Waals surface area (Å²) in [5.74, 6) is 0.910. The molecule has 166 valence electrons. The summed E-state index contributed by atoms with van der Waals surface area (Å²) in [6, 6.07) is 16.4. The fraction of sp³-hybridized carbons (Fsp3) is 0.391. The molecule has 0 spiro atoms. The number of anilines is 2. The van der Waals surface area contributed by atoms with Gasteiger partial charge in [-0.15, -0.1) is 24.0 Å². The van der Waals surface area contributed by atoms with Crippen molar-refractivity contribution in [3.8, 4) is 0 Å². The van der Waals surface area contributed by atoms with Gasteiger partial charge in [-0.2, -0.15) is 0 Å². The number of amides is 1. The number of ether oxygens (including phenoxy) is 1. The lowest BCUT2D eigenvalue weighted by Gasteiger charge is -2.31. The van der Waals surface area contributed by atoms with Crippen molar-refractivity contribution < 1.29 is 9.53 Å². The summed E-state index contributed by atoms with van der Waals surface area (Å²) in [7, 11) is 1.77. The fourth-order valence-electron chi connectivity index (χ4n) is 4.08. The highest BCUT2D eigenvalue weighted by atomic mass is 127. The largest absolute Gasteiger partial charge is 0.378 e. The Morgan fingerprint density at radius 2 is 1.87 bits per heavy atom. The van der Waals surface area contributed by atoms with Crippen LogP contribution in [0.3, 0.4) is 0 Å². The number of hydrogen-bond donors (Lipinski definition) is 3. The van der Waals surface area contributed by atoms with E-state index in [4.69, 9.17) is 4.74 Å². The third kappa shape index (κ3) is 5.88. The Bertz CT molecular complexity index is 914. The van der Waals surface area contributed by atoms with E-state index in [0.717, 1.165) is 43.5 Å². The van der Waals surface area contributed by atoms with Crippen LogP contribution in [0.5, 0.6) is 0 Å². The number of carbonyl (C=O) groups is 1. The monoisotopic (exact) mass is 535 g/mol. The van der Waals surface area contributed by atoms with Gasteiger partial charge in [-0.3, -0.25) is 9.79 Å². The molecule has 1 atom stereocenters. The van der Waals surface area contributed by atoms with Crippen LogP contribution >= 0.6 is 24.0 Å². The van der Waals surface area contributed by atoms with Crippen molar-refractivity contribution in [3.05, 3.63) is 59.7 Å². The first-order valence-corrected chi connectivity index (χ1v) is 10.5. The lowest BCUT2D eigenvalue weighted by atomic mass is 9.90. The molecule has 7 nitrogen and oxygen atoms in total. The standard InChI is InChI=1S/C23H29N5O2.HI/c1-24-23(26-16-18-14-22(29)27-20-8-4-3-7-19(18)20)25-15-17-6-2-5-9-21(17)28-10-12-30-13-11-28;/h2-9,18H,10-16H2,1H3,(H,27,29)(H2,24,25,26);1H. The first-order chi connectivity index (χ1) is 14.7. The average molecular weight is 535 g/mol. The van der Waals surface area contributed by atoms with E-state index in [0.29, 0.717) is 19.5 Å². The van der Waals surface area contributed by atoms with Crippen molar-refractivity contribution >= 4 is 47.2 Å². The second-order valence-electron chi connectivity index (χ2n) is 7.57. The smallest absolute Gasteiger partial charge is 0.225 e. The van der Waals surface area contributed by atoms with Gasteiger partial charge in [0.05, 0.1) is 13.2 Å². The molecule has 4 rings (SSSR count). The second kappa shape index (κ2) is 11.3. The van der Waals surface area contributed by atoms with Crippen LogP contribution < -0.4 is 20.9 Å². The van der Waals surface area contributed by atoms with Crippen LogP contribution in [0.15, 0.2) is 53.5 Å². The van der Waals surface area contributed by atoms with Crippen LogP contribution in [0.1, 0.15) is 23.5 Å². The molecule has 1 fully saturated rings. The normalized spacial score (nSPS) is 18.5. The summed E-state index contributed by atoms with van der Waals surface area (Å²) < 4.78 is 5.48. The predicted molar refractivity (Wildman–Crippen MR) is 136 cm³/mol. The molecule has 2 aromatic rings. The number of aliphatic imine (C=N–C) groups is 1. The zero-order valence-corrected chi connectivity index (χ0v) is 20.1. The number of nitrogens with zero attached hydrogens (tertiary/aromatic N) is 2. The number of hydrogen-bond acceptors (Lipinski definition) is 4. The number of carbonyl (C=O) groups excluding carboxylic acids is 1. The summed E-state index contributed by atoms with van der Waals surface area (Å²) in [6.45, 7) is 4.67. The Morgan fingerprint density at radius 1 is 1.13 bits per heavy atom. The molecule has 0 radical (unpaired) electrons. The van der Waals surface area contributed by atoms with Crippen LogP contribution in [0, 0.1) is 0 Å². The Labute approximate surface area is 200 Å². The molecular weight excluding hydrogens is 505 g/mol. The summed E-state index contributed by atoms with van der Waals surface area (Å²) in [5, 5.41) is 9.76. The maximum absolute atomic E-state index is 12.1. The minimum Gasteiger partial charge on any atom is -0.378 e. The van der Waals surface area contributed by atoms with E-state index < -0.39 is 0 Å². The minimum absolute atomic E-state index is 0. The molecule has 2 aromatic carbocycles. The third-order valence-electron chi connectivity index (χ3n) is 5.64. The van der Waals surface area contributed by atoms with Gasteiger partial charge in [-0.05, 0) is 23.3 Å². The Balaban J connectivity index is 0.00000272. The third-order valence-corrected chi connectivity index (χ3v) is 5.64. The van der Waals surface area contributed by atoms with E-state index >= 15 is 0 Å². The first-order valence-electron chi connectivity index (χ1n) is 10.5. The van der Waals surface area contributed by atoms with Crippen molar-refractivity contribution in [3.63, 3.8) is 0 Å². The lowest BCUT2D eigenvalue weighted by Crippen LogP contribution is -2.41. The molecule has 0 bridgehead atoms. The average Bonchev–Trinajstić information content (AvgIpc) is 2.79. The molecule has 1 amide bonds. The van der Waals surface area contributed by atoms with Gasteiger partial charge in [0.15, 0.2) is 5.96 Å². The van der Waals surface area contributed by atoms with E-state index in [1.54, 1.807) is 7.05 Å². The first kappa shape index (κ1) is 23.3. The van der Waals surface area contributed by atoms with Crippen molar-refractivity contribution in [1.82, 2.24) is 10.6 Å². The summed E-state index contributed by atoms with van der Waals surface area (Å²) >= 11 is 0. The summed E-state index contributed by atoms with van der Waals surface area (Å²) in [5.41, 5.74) is 4.53. The molecule has 2 aliphatic rings. The van der Waals surface area contributed by atoms with E-state index in [2.05, 4.69) is 56.2 Å². The van der Waals surface area contributed by atoms with E-state index in [9.17, 15) is 4.79 Å². The molecule has 1 saturated heterocycles. The molecule has 8 heteroatoms. The number of rotatable bonds is 5. The van der Waals surface area contributed by atoms with Gasteiger partial charge in [-0.25, -0.2) is 0 Å². The number of morpholine rings is 1. The van der Waals surface area contributed by atoms with E-state index in [-0.39, 0.29) is 35.8 Å². The van der Waals surface area contributed by atoms with Crippen LogP contribution in [-0.4, -0.2) is 51.8 Å². The van der Waals surface area contributed by atoms with Crippen LogP contribution in [0.4, 0.5) is 11.4 Å². The Hall–Kier alpha value is -2.33. The van der Waals surface area contributed by atoms with Crippen LogP contribution in [0.25, 0.3) is 0 Å². The van der Waals surface area contributed by atoms with Crippen molar-refractivity contribution in [1.29, 1.82) is 0 Å². The molecule has 2 aliphatic heterocycles. The van der Waals surface area contributed by atoms with E-state index in [1.807, 2.05) is 18.2 Å². The van der Waals surface area contributed by atoms with Gasteiger partial charge in [-0.1, -0.05) is 36.4 Å². The zero-order valence-electron chi connectivity index (χ0n) is 17.8.